The first-order valence-electron chi connectivity index (χ1n) is 5.18. The lowest BCUT2D eigenvalue weighted by Gasteiger charge is -2.06. The normalized spacial score (nSPS) is 9.69. The average Bonchev–Trinajstić information content (AvgIpc) is 2.52. The van der Waals surface area contributed by atoms with E-state index >= 15 is 0 Å². The van der Waals surface area contributed by atoms with Crippen molar-refractivity contribution >= 4 is 0 Å². The second-order valence-corrected chi connectivity index (χ2v) is 3.43. The quantitative estimate of drug-likeness (QED) is 0.685. The van der Waals surface area contributed by atoms with Crippen molar-refractivity contribution < 1.29 is 0 Å². The van der Waals surface area contributed by atoms with Gasteiger partial charge in [0, 0.05) is 24.9 Å². The summed E-state index contributed by atoms with van der Waals surface area (Å²) < 4.78 is 2.17. The zero-order valence-corrected chi connectivity index (χ0v) is 9.54. The number of imidazole rings is 1. The van der Waals surface area contributed by atoms with E-state index in [1.165, 1.54) is 12.2 Å². The van der Waals surface area contributed by atoms with Crippen LogP contribution in [0.3, 0.4) is 0 Å². The van der Waals surface area contributed by atoms with E-state index in [1.807, 2.05) is 12.4 Å². The fourth-order valence-corrected chi connectivity index (χ4v) is 1.09. The maximum Gasteiger partial charge on any atom is 0.111 e. The number of aryl methyl sites for hydroxylation is 1. The monoisotopic (exact) mass is 182 g/mol. The van der Waals surface area contributed by atoms with Crippen LogP contribution in [-0.4, -0.2) is 9.55 Å². The van der Waals surface area contributed by atoms with Gasteiger partial charge in [0.25, 0.3) is 0 Å². The Morgan fingerprint density at radius 3 is 2.15 bits per heavy atom. The Morgan fingerprint density at radius 1 is 1.31 bits per heavy atom. The molecule has 1 heterocycles. The molecule has 13 heavy (non-hydrogen) atoms. The van der Waals surface area contributed by atoms with Crippen LogP contribution in [-0.2, 0) is 6.54 Å². The largest absolute Gasteiger partial charge is 0.335 e. The van der Waals surface area contributed by atoms with Crippen LogP contribution in [0.4, 0.5) is 0 Å². The number of hydrogen-bond donors (Lipinski definition) is 0. The molecule has 0 amide bonds. The van der Waals surface area contributed by atoms with E-state index in [2.05, 4.69) is 44.2 Å². The minimum absolute atomic E-state index is 0.537. The molecular formula is C11H22N2. The summed E-state index contributed by atoms with van der Waals surface area (Å²) >= 11 is 0. The Kier molecular flexibility index (Phi) is 6.29. The van der Waals surface area contributed by atoms with Crippen LogP contribution in [0, 0.1) is 0 Å². The maximum atomic E-state index is 4.25. The van der Waals surface area contributed by atoms with Crippen LogP contribution in [0.2, 0.25) is 0 Å². The van der Waals surface area contributed by atoms with Gasteiger partial charge in [-0.25, -0.2) is 4.98 Å². The molecule has 2 heteroatoms. The van der Waals surface area contributed by atoms with Crippen molar-refractivity contribution in [1.29, 1.82) is 0 Å². The first-order chi connectivity index (χ1) is 6.17. The Balaban J connectivity index is 0.000000424. The van der Waals surface area contributed by atoms with Gasteiger partial charge in [0.1, 0.15) is 5.82 Å². The molecule has 0 bridgehead atoms. The lowest BCUT2D eigenvalue weighted by atomic mass is 10.2. The van der Waals surface area contributed by atoms with Gasteiger partial charge < -0.3 is 4.57 Å². The Bertz CT molecular complexity index is 214. The highest BCUT2D eigenvalue weighted by molar-refractivity contribution is 4.96. The summed E-state index contributed by atoms with van der Waals surface area (Å²) in [5.41, 5.74) is 0. The zero-order chi connectivity index (χ0) is 10.3. The van der Waals surface area contributed by atoms with Gasteiger partial charge in [-0.2, -0.15) is 0 Å². The van der Waals surface area contributed by atoms with Crippen molar-refractivity contribution in [1.82, 2.24) is 9.55 Å². The molecule has 1 aromatic heterocycles. The van der Waals surface area contributed by atoms with Gasteiger partial charge in [-0.3, -0.25) is 0 Å². The lowest BCUT2D eigenvalue weighted by molar-refractivity contribution is 0.652. The van der Waals surface area contributed by atoms with Gasteiger partial charge in [0.05, 0.1) is 0 Å². The third-order valence-electron chi connectivity index (χ3n) is 1.60. The average molecular weight is 182 g/mol. The highest BCUT2D eigenvalue weighted by atomic mass is 15.1. The minimum Gasteiger partial charge on any atom is -0.335 e. The fourth-order valence-electron chi connectivity index (χ4n) is 1.09. The van der Waals surface area contributed by atoms with E-state index in [9.17, 15) is 0 Å². The van der Waals surface area contributed by atoms with E-state index in [0.717, 1.165) is 6.54 Å². The van der Waals surface area contributed by atoms with E-state index < -0.39 is 0 Å². The zero-order valence-electron chi connectivity index (χ0n) is 9.54. The third-order valence-corrected chi connectivity index (χ3v) is 1.60. The molecular weight excluding hydrogens is 160 g/mol. The minimum atomic E-state index is 0.537. The molecule has 0 saturated carbocycles. The molecule has 0 saturated heterocycles. The van der Waals surface area contributed by atoms with Gasteiger partial charge in [0.15, 0.2) is 0 Å². The van der Waals surface area contributed by atoms with Gasteiger partial charge in [-0.15, -0.1) is 0 Å². The summed E-state index contributed by atoms with van der Waals surface area (Å²) in [5.74, 6) is 1.72. The summed E-state index contributed by atoms with van der Waals surface area (Å²) in [6.45, 7) is 11.7. The SMILES string of the molecule is CCC.CCn1ccnc1C(C)C. The number of hydrogen-bond acceptors (Lipinski definition) is 1. The lowest BCUT2D eigenvalue weighted by Crippen LogP contribution is -2.01. The standard InChI is InChI=1S/C8H14N2.C3H8/c1-4-10-6-5-9-8(10)7(2)3;1-3-2/h5-7H,4H2,1-3H3;3H2,1-2H3. The first kappa shape index (κ1) is 12.2. The molecule has 0 fully saturated rings. The molecule has 0 unspecified atom stereocenters. The number of rotatable bonds is 2. The Morgan fingerprint density at radius 2 is 1.85 bits per heavy atom. The van der Waals surface area contributed by atoms with Crippen LogP contribution in [0.1, 0.15) is 52.8 Å². The van der Waals surface area contributed by atoms with Gasteiger partial charge >= 0.3 is 0 Å². The molecule has 0 aromatic carbocycles. The van der Waals surface area contributed by atoms with Crippen LogP contribution >= 0.6 is 0 Å². The van der Waals surface area contributed by atoms with Crippen molar-refractivity contribution in [3.05, 3.63) is 18.2 Å². The van der Waals surface area contributed by atoms with Crippen LogP contribution in [0.25, 0.3) is 0 Å². The summed E-state index contributed by atoms with van der Waals surface area (Å²) in [5, 5.41) is 0. The summed E-state index contributed by atoms with van der Waals surface area (Å²) in [7, 11) is 0. The molecule has 0 aliphatic heterocycles. The molecule has 0 atom stereocenters. The van der Waals surface area contributed by atoms with Crippen molar-refractivity contribution in [2.45, 2.75) is 53.5 Å². The Labute approximate surface area is 82.0 Å². The van der Waals surface area contributed by atoms with Gasteiger partial charge in [-0.05, 0) is 6.92 Å². The summed E-state index contributed by atoms with van der Waals surface area (Å²) in [6.07, 6.45) is 5.13. The molecule has 0 aliphatic carbocycles. The van der Waals surface area contributed by atoms with Crippen molar-refractivity contribution in [3.8, 4) is 0 Å². The van der Waals surface area contributed by atoms with E-state index in [1.54, 1.807) is 0 Å². The fraction of sp³-hybridized carbons (Fsp3) is 0.727. The molecule has 76 valence electrons. The van der Waals surface area contributed by atoms with Crippen molar-refractivity contribution in [3.63, 3.8) is 0 Å². The molecule has 1 aromatic rings. The van der Waals surface area contributed by atoms with Crippen LogP contribution < -0.4 is 0 Å². The first-order valence-corrected chi connectivity index (χ1v) is 5.18. The topological polar surface area (TPSA) is 17.8 Å². The van der Waals surface area contributed by atoms with Crippen molar-refractivity contribution in [2.24, 2.45) is 0 Å². The highest BCUT2D eigenvalue weighted by Gasteiger charge is 2.03. The van der Waals surface area contributed by atoms with Gasteiger partial charge in [-0.1, -0.05) is 34.1 Å². The van der Waals surface area contributed by atoms with Crippen LogP contribution in [0.15, 0.2) is 12.4 Å². The Hall–Kier alpha value is -0.790. The van der Waals surface area contributed by atoms with Crippen LogP contribution in [0.5, 0.6) is 0 Å². The molecule has 0 aliphatic rings. The number of aromatic nitrogens is 2. The second-order valence-electron chi connectivity index (χ2n) is 3.43. The molecule has 0 radical (unpaired) electrons. The summed E-state index contributed by atoms with van der Waals surface area (Å²) in [4.78, 5) is 4.25. The smallest absolute Gasteiger partial charge is 0.111 e. The molecule has 1 rings (SSSR count). The van der Waals surface area contributed by atoms with Crippen molar-refractivity contribution in [2.75, 3.05) is 0 Å². The molecule has 2 nitrogen and oxygen atoms in total. The predicted molar refractivity (Wildman–Crippen MR) is 58.0 cm³/mol. The summed E-state index contributed by atoms with van der Waals surface area (Å²) in [6, 6.07) is 0. The van der Waals surface area contributed by atoms with E-state index in [4.69, 9.17) is 0 Å². The maximum absolute atomic E-state index is 4.25. The predicted octanol–water partition coefficient (Wildman–Crippen LogP) is 3.44. The second kappa shape index (κ2) is 6.70. The van der Waals surface area contributed by atoms with E-state index in [-0.39, 0.29) is 0 Å². The van der Waals surface area contributed by atoms with Gasteiger partial charge in [0.2, 0.25) is 0 Å². The third kappa shape index (κ3) is 4.11. The molecule has 0 spiro atoms. The number of nitrogens with zero attached hydrogens (tertiary/aromatic N) is 2. The highest BCUT2D eigenvalue weighted by Crippen LogP contribution is 2.10. The molecule has 0 N–H and O–H groups in total. The van der Waals surface area contributed by atoms with E-state index in [0.29, 0.717) is 5.92 Å².